The van der Waals surface area contributed by atoms with Crippen molar-refractivity contribution in [3.63, 3.8) is 0 Å². The van der Waals surface area contributed by atoms with Crippen LogP contribution >= 0.6 is 0 Å². The number of nitrogens with two attached hydrogens (primary N) is 1. The predicted molar refractivity (Wildman–Crippen MR) is 72.1 cm³/mol. The number of ether oxygens (including phenoxy) is 1. The predicted octanol–water partition coefficient (Wildman–Crippen LogP) is 0.376. The van der Waals surface area contributed by atoms with Crippen LogP contribution in [-0.2, 0) is 16.0 Å². The fraction of sp³-hybridized carbons (Fsp3) is 0.286. The highest BCUT2D eigenvalue weighted by Crippen LogP contribution is 2.24. The fourth-order valence-corrected chi connectivity index (χ4v) is 2.15. The van der Waals surface area contributed by atoms with E-state index in [1.54, 1.807) is 13.2 Å². The lowest BCUT2D eigenvalue weighted by atomic mass is 9.99. The first kappa shape index (κ1) is 14.1. The molecule has 1 heterocycles. The van der Waals surface area contributed by atoms with Crippen LogP contribution in [0.15, 0.2) is 36.0 Å². The number of aliphatic carboxylic acids is 1. The number of para-hydroxylation sites is 1. The Kier molecular flexibility index (Phi) is 4.05. The molecule has 0 aromatic heterocycles. The summed E-state index contributed by atoms with van der Waals surface area (Å²) in [5.41, 5.74) is 7.18. The van der Waals surface area contributed by atoms with Crippen LogP contribution in [0.2, 0.25) is 0 Å². The van der Waals surface area contributed by atoms with Crippen LogP contribution in [0, 0.1) is 0 Å². The van der Waals surface area contributed by atoms with Gasteiger partial charge in [0.2, 0.25) is 5.91 Å². The van der Waals surface area contributed by atoms with Crippen molar-refractivity contribution in [1.29, 1.82) is 0 Å². The summed E-state index contributed by atoms with van der Waals surface area (Å²) in [6.07, 6.45) is 2.29. The molecule has 6 heteroatoms. The minimum absolute atomic E-state index is 0.357. The first-order chi connectivity index (χ1) is 9.54. The second kappa shape index (κ2) is 5.75. The average Bonchev–Trinajstić information content (AvgIpc) is 2.45. The van der Waals surface area contributed by atoms with Crippen LogP contribution < -0.4 is 10.5 Å². The maximum absolute atomic E-state index is 11.5. The number of methoxy groups -OCH3 is 1. The minimum atomic E-state index is -1.06. The Morgan fingerprint density at radius 1 is 1.50 bits per heavy atom. The van der Waals surface area contributed by atoms with E-state index in [4.69, 9.17) is 15.6 Å². The van der Waals surface area contributed by atoms with Crippen molar-refractivity contribution < 1.29 is 19.4 Å². The maximum Gasteiger partial charge on any atom is 0.323 e. The second-order valence-corrected chi connectivity index (χ2v) is 4.44. The summed E-state index contributed by atoms with van der Waals surface area (Å²) in [7, 11) is 1.58. The highest BCUT2D eigenvalue weighted by Gasteiger charge is 2.40. The van der Waals surface area contributed by atoms with Gasteiger partial charge in [-0.2, -0.15) is 0 Å². The third-order valence-corrected chi connectivity index (χ3v) is 3.18. The quantitative estimate of drug-likeness (QED) is 0.758. The van der Waals surface area contributed by atoms with E-state index in [2.05, 4.69) is 0 Å². The molecule has 0 spiro atoms. The van der Waals surface area contributed by atoms with Crippen molar-refractivity contribution in [2.24, 2.45) is 5.73 Å². The normalized spacial score (nSPS) is 19.9. The van der Waals surface area contributed by atoms with Gasteiger partial charge in [-0.3, -0.25) is 9.59 Å². The monoisotopic (exact) mass is 276 g/mol. The number of carbonyl (C=O) groups is 2. The van der Waals surface area contributed by atoms with E-state index < -0.39 is 12.0 Å². The number of hydrogen-bond acceptors (Lipinski definition) is 4. The first-order valence-corrected chi connectivity index (χ1v) is 6.15. The number of carboxylic acid groups (broad SMARTS) is 1. The van der Waals surface area contributed by atoms with Gasteiger partial charge in [0.1, 0.15) is 18.3 Å². The second-order valence-electron chi connectivity index (χ2n) is 4.44. The van der Waals surface area contributed by atoms with Crippen LogP contribution in [0.4, 0.5) is 0 Å². The molecule has 1 aliphatic rings. The lowest BCUT2D eigenvalue weighted by Gasteiger charge is -2.38. The smallest absolute Gasteiger partial charge is 0.323 e. The van der Waals surface area contributed by atoms with Gasteiger partial charge in [-0.25, -0.2) is 0 Å². The molecule has 1 atom stereocenters. The third-order valence-electron chi connectivity index (χ3n) is 3.18. The zero-order valence-corrected chi connectivity index (χ0v) is 11.1. The standard InChI is InChI=1S/C14H16N2O4/c1-20-11-5-3-2-4-9(11)6-7-10-13(15)14(19)16(10)8-12(17)18/h2-5,7,13H,6,8,15H2,1H3,(H,17,18). The Bertz CT molecular complexity index is 568. The van der Waals surface area contributed by atoms with Gasteiger partial charge in [0, 0.05) is 5.70 Å². The van der Waals surface area contributed by atoms with Crippen molar-refractivity contribution in [2.45, 2.75) is 12.5 Å². The largest absolute Gasteiger partial charge is 0.496 e. The molecule has 20 heavy (non-hydrogen) atoms. The van der Waals surface area contributed by atoms with Crippen molar-refractivity contribution >= 4 is 11.9 Å². The molecule has 1 aromatic rings. The maximum atomic E-state index is 11.5. The van der Waals surface area contributed by atoms with Gasteiger partial charge >= 0.3 is 5.97 Å². The van der Waals surface area contributed by atoms with Crippen LogP contribution in [0.5, 0.6) is 5.75 Å². The molecular weight excluding hydrogens is 260 g/mol. The lowest BCUT2D eigenvalue weighted by molar-refractivity contribution is -0.147. The molecule has 6 nitrogen and oxygen atoms in total. The summed E-state index contributed by atoms with van der Waals surface area (Å²) < 4.78 is 5.23. The molecular formula is C14H16N2O4. The Hall–Kier alpha value is -2.34. The number of β-lactam (4-membered cyclic amide) rings is 1. The molecule has 0 radical (unpaired) electrons. The van der Waals surface area contributed by atoms with E-state index in [0.717, 1.165) is 11.3 Å². The number of carbonyl (C=O) groups excluding carboxylic acids is 1. The first-order valence-electron chi connectivity index (χ1n) is 6.15. The van der Waals surface area contributed by atoms with E-state index in [-0.39, 0.29) is 12.5 Å². The number of likely N-dealkylation sites (tertiary alicyclic amines) is 1. The highest BCUT2D eigenvalue weighted by atomic mass is 16.5. The van der Waals surface area contributed by atoms with Gasteiger partial charge in [-0.15, -0.1) is 0 Å². The molecule has 3 N–H and O–H groups in total. The van der Waals surface area contributed by atoms with E-state index in [9.17, 15) is 9.59 Å². The van der Waals surface area contributed by atoms with E-state index in [1.807, 2.05) is 24.3 Å². The summed E-state index contributed by atoms with van der Waals surface area (Å²) in [4.78, 5) is 23.4. The number of allylic oxidation sites excluding steroid dienone is 1. The third kappa shape index (κ3) is 2.65. The number of carboxylic acids is 1. The minimum Gasteiger partial charge on any atom is -0.496 e. The van der Waals surface area contributed by atoms with Crippen LogP contribution in [0.3, 0.4) is 0 Å². The van der Waals surface area contributed by atoms with Crippen molar-refractivity contribution in [3.8, 4) is 5.75 Å². The Balaban J connectivity index is 2.14. The molecule has 0 saturated carbocycles. The van der Waals surface area contributed by atoms with Gasteiger partial charge in [0.25, 0.3) is 0 Å². The van der Waals surface area contributed by atoms with Gasteiger partial charge in [0.15, 0.2) is 0 Å². The SMILES string of the molecule is COc1ccccc1CC=C1C(N)C(=O)N1CC(=O)O. The van der Waals surface area contributed by atoms with Gasteiger partial charge in [-0.05, 0) is 18.1 Å². The van der Waals surface area contributed by atoms with Crippen LogP contribution in [-0.4, -0.2) is 41.6 Å². The van der Waals surface area contributed by atoms with Crippen molar-refractivity contribution in [2.75, 3.05) is 13.7 Å². The van der Waals surface area contributed by atoms with E-state index >= 15 is 0 Å². The van der Waals surface area contributed by atoms with Gasteiger partial charge in [-0.1, -0.05) is 24.3 Å². The molecule has 1 aliphatic heterocycles. The Morgan fingerprint density at radius 2 is 2.20 bits per heavy atom. The molecule has 1 saturated heterocycles. The average molecular weight is 276 g/mol. The molecule has 1 fully saturated rings. The fourth-order valence-electron chi connectivity index (χ4n) is 2.15. The van der Waals surface area contributed by atoms with Crippen LogP contribution in [0.25, 0.3) is 0 Å². The number of benzene rings is 1. The summed E-state index contributed by atoms with van der Waals surface area (Å²) in [5.74, 6) is -0.680. The highest BCUT2D eigenvalue weighted by molar-refractivity contribution is 5.96. The number of amides is 1. The summed E-state index contributed by atoms with van der Waals surface area (Å²) in [6, 6.07) is 6.77. The Morgan fingerprint density at radius 3 is 2.85 bits per heavy atom. The zero-order valence-electron chi connectivity index (χ0n) is 11.1. The molecule has 0 bridgehead atoms. The molecule has 1 aromatic carbocycles. The molecule has 0 aliphatic carbocycles. The van der Waals surface area contributed by atoms with Crippen molar-refractivity contribution in [3.05, 3.63) is 41.6 Å². The summed E-state index contributed by atoms with van der Waals surface area (Å²) >= 11 is 0. The van der Waals surface area contributed by atoms with Crippen LogP contribution in [0.1, 0.15) is 5.56 Å². The molecule has 2 rings (SSSR count). The van der Waals surface area contributed by atoms with E-state index in [0.29, 0.717) is 12.1 Å². The zero-order chi connectivity index (χ0) is 14.7. The van der Waals surface area contributed by atoms with Crippen molar-refractivity contribution in [1.82, 2.24) is 4.90 Å². The topological polar surface area (TPSA) is 92.9 Å². The molecule has 1 unspecified atom stereocenters. The summed E-state index contributed by atoms with van der Waals surface area (Å²) in [5, 5.41) is 8.76. The number of nitrogens with zero attached hydrogens (tertiary/aromatic N) is 1. The number of hydrogen-bond donors (Lipinski definition) is 2. The van der Waals surface area contributed by atoms with Gasteiger partial charge in [0.05, 0.1) is 7.11 Å². The number of rotatable bonds is 5. The Labute approximate surface area is 116 Å². The lowest BCUT2D eigenvalue weighted by Crippen LogP contribution is -2.59. The summed E-state index contributed by atoms with van der Waals surface area (Å²) in [6.45, 7) is -0.357. The van der Waals surface area contributed by atoms with E-state index in [1.165, 1.54) is 4.90 Å². The molecule has 106 valence electrons. The molecule has 1 amide bonds. The van der Waals surface area contributed by atoms with Gasteiger partial charge < -0.3 is 20.5 Å².